The first-order valence-electron chi connectivity index (χ1n) is 6.72. The number of likely N-dealkylation sites (tertiary alicyclic amines) is 1. The number of carbonyl (C=O) groups excluding carboxylic acids is 1. The maximum Gasteiger partial charge on any atom is 0.310 e. The summed E-state index contributed by atoms with van der Waals surface area (Å²) < 4.78 is 4.81. The highest BCUT2D eigenvalue weighted by Crippen LogP contribution is 2.21. The summed E-state index contributed by atoms with van der Waals surface area (Å²) in [5, 5.41) is 0. The van der Waals surface area contributed by atoms with E-state index in [0.717, 1.165) is 31.6 Å². The zero-order chi connectivity index (χ0) is 13.8. The average Bonchev–Trinajstić information content (AvgIpc) is 2.88. The van der Waals surface area contributed by atoms with Gasteiger partial charge in [0.2, 0.25) is 0 Å². The summed E-state index contributed by atoms with van der Waals surface area (Å²) >= 11 is 0. The molecule has 1 atom stereocenters. The smallest absolute Gasteiger partial charge is 0.310 e. The molecule has 1 aromatic carbocycles. The van der Waals surface area contributed by atoms with E-state index in [1.165, 1.54) is 18.2 Å². The van der Waals surface area contributed by atoms with E-state index >= 15 is 0 Å². The maximum absolute atomic E-state index is 11.5. The van der Waals surface area contributed by atoms with E-state index in [9.17, 15) is 4.79 Å². The highest BCUT2D eigenvalue weighted by Gasteiger charge is 2.28. The lowest BCUT2D eigenvalue weighted by Crippen LogP contribution is -2.24. The van der Waals surface area contributed by atoms with Gasteiger partial charge in [-0.25, -0.2) is 0 Å². The van der Waals surface area contributed by atoms with Crippen molar-refractivity contribution in [3.05, 3.63) is 34.9 Å². The first-order valence-corrected chi connectivity index (χ1v) is 6.72. The van der Waals surface area contributed by atoms with Crippen molar-refractivity contribution in [2.45, 2.75) is 26.4 Å². The highest BCUT2D eigenvalue weighted by molar-refractivity contribution is 5.72. The van der Waals surface area contributed by atoms with Gasteiger partial charge in [-0.05, 0) is 36.6 Å². The summed E-state index contributed by atoms with van der Waals surface area (Å²) in [4.78, 5) is 13.8. The lowest BCUT2D eigenvalue weighted by atomic mass is 10.0. The molecule has 0 aromatic heterocycles. The van der Waals surface area contributed by atoms with Crippen LogP contribution in [0.2, 0.25) is 0 Å². The number of ether oxygens (including phenoxy) is 1. The quantitative estimate of drug-likeness (QED) is 0.834. The fourth-order valence-corrected chi connectivity index (χ4v) is 2.64. The SMILES string of the molecule is COC(=O)C1CCN(Cc2ccc(CN)cc2C)C1. The van der Waals surface area contributed by atoms with Crippen molar-refractivity contribution in [1.82, 2.24) is 4.90 Å². The molecule has 19 heavy (non-hydrogen) atoms. The van der Waals surface area contributed by atoms with Crippen LogP contribution in [0.3, 0.4) is 0 Å². The van der Waals surface area contributed by atoms with Crippen LogP contribution in [0.1, 0.15) is 23.1 Å². The van der Waals surface area contributed by atoms with Crippen LogP contribution in [0.15, 0.2) is 18.2 Å². The second-order valence-electron chi connectivity index (χ2n) is 5.21. The number of methoxy groups -OCH3 is 1. The second kappa shape index (κ2) is 6.17. The Balaban J connectivity index is 1.97. The monoisotopic (exact) mass is 262 g/mol. The highest BCUT2D eigenvalue weighted by atomic mass is 16.5. The Labute approximate surface area is 114 Å². The fourth-order valence-electron chi connectivity index (χ4n) is 2.64. The van der Waals surface area contributed by atoms with Crippen molar-refractivity contribution in [3.8, 4) is 0 Å². The molecule has 1 aliphatic heterocycles. The van der Waals surface area contributed by atoms with Crippen LogP contribution in [0.25, 0.3) is 0 Å². The van der Waals surface area contributed by atoms with Gasteiger partial charge in [-0.1, -0.05) is 18.2 Å². The van der Waals surface area contributed by atoms with Gasteiger partial charge in [-0.2, -0.15) is 0 Å². The number of benzene rings is 1. The van der Waals surface area contributed by atoms with Crippen molar-refractivity contribution in [2.24, 2.45) is 11.7 Å². The molecule has 0 amide bonds. The number of esters is 1. The van der Waals surface area contributed by atoms with E-state index < -0.39 is 0 Å². The molecule has 1 aliphatic rings. The molecule has 1 unspecified atom stereocenters. The second-order valence-corrected chi connectivity index (χ2v) is 5.21. The number of aryl methyl sites for hydroxylation is 1. The molecule has 0 saturated carbocycles. The number of nitrogens with two attached hydrogens (primary N) is 1. The van der Waals surface area contributed by atoms with E-state index in [1.807, 2.05) is 0 Å². The molecule has 4 heteroatoms. The predicted molar refractivity (Wildman–Crippen MR) is 74.5 cm³/mol. The average molecular weight is 262 g/mol. The van der Waals surface area contributed by atoms with Crippen molar-refractivity contribution < 1.29 is 9.53 Å². The van der Waals surface area contributed by atoms with Gasteiger partial charge in [0.15, 0.2) is 0 Å². The molecule has 104 valence electrons. The molecule has 1 fully saturated rings. The number of rotatable bonds is 4. The Morgan fingerprint density at radius 1 is 1.53 bits per heavy atom. The molecule has 1 saturated heterocycles. The summed E-state index contributed by atoms with van der Waals surface area (Å²) in [5.74, 6) is -0.0497. The van der Waals surface area contributed by atoms with Crippen LogP contribution in [0, 0.1) is 12.8 Å². The van der Waals surface area contributed by atoms with Crippen LogP contribution < -0.4 is 5.73 Å². The molecule has 0 aliphatic carbocycles. The van der Waals surface area contributed by atoms with Crippen molar-refractivity contribution in [3.63, 3.8) is 0 Å². The van der Waals surface area contributed by atoms with Gasteiger partial charge in [0.1, 0.15) is 0 Å². The third kappa shape index (κ3) is 3.33. The summed E-state index contributed by atoms with van der Waals surface area (Å²) in [6.07, 6.45) is 0.895. The molecule has 2 rings (SSSR count). The van der Waals surface area contributed by atoms with Gasteiger partial charge < -0.3 is 10.5 Å². The lowest BCUT2D eigenvalue weighted by molar-refractivity contribution is -0.144. The summed E-state index contributed by atoms with van der Waals surface area (Å²) in [6.45, 7) is 5.34. The van der Waals surface area contributed by atoms with Crippen LogP contribution in [0.4, 0.5) is 0 Å². The Kier molecular flexibility index (Phi) is 4.56. The number of hydrogen-bond donors (Lipinski definition) is 1. The summed E-state index contributed by atoms with van der Waals surface area (Å²) in [7, 11) is 1.46. The van der Waals surface area contributed by atoms with Gasteiger partial charge in [-0.3, -0.25) is 9.69 Å². The van der Waals surface area contributed by atoms with E-state index in [2.05, 4.69) is 30.0 Å². The fraction of sp³-hybridized carbons (Fsp3) is 0.533. The van der Waals surface area contributed by atoms with E-state index in [1.54, 1.807) is 0 Å². The molecule has 0 radical (unpaired) electrons. The molecule has 1 heterocycles. The van der Waals surface area contributed by atoms with Crippen LogP contribution >= 0.6 is 0 Å². The van der Waals surface area contributed by atoms with Gasteiger partial charge in [0.25, 0.3) is 0 Å². The molecular weight excluding hydrogens is 240 g/mol. The lowest BCUT2D eigenvalue weighted by Gasteiger charge is -2.17. The Hall–Kier alpha value is -1.39. The molecule has 0 spiro atoms. The van der Waals surface area contributed by atoms with E-state index in [0.29, 0.717) is 6.54 Å². The maximum atomic E-state index is 11.5. The number of hydrogen-bond acceptors (Lipinski definition) is 4. The predicted octanol–water partition coefficient (Wildman–Crippen LogP) is 1.45. The normalized spacial score (nSPS) is 19.6. The summed E-state index contributed by atoms with van der Waals surface area (Å²) in [5.41, 5.74) is 9.38. The van der Waals surface area contributed by atoms with Crippen molar-refractivity contribution in [2.75, 3.05) is 20.2 Å². The minimum atomic E-state index is -0.0855. The molecule has 0 bridgehead atoms. The van der Waals surface area contributed by atoms with Crippen molar-refractivity contribution in [1.29, 1.82) is 0 Å². The molecule has 1 aromatic rings. The largest absolute Gasteiger partial charge is 0.469 e. The number of nitrogens with zero attached hydrogens (tertiary/aromatic N) is 1. The standard InChI is InChI=1S/C15H22N2O2/c1-11-7-12(8-16)3-4-13(11)9-17-6-5-14(10-17)15(18)19-2/h3-4,7,14H,5-6,8-10,16H2,1-2H3. The van der Waals surface area contributed by atoms with Gasteiger partial charge in [0.05, 0.1) is 13.0 Å². The van der Waals surface area contributed by atoms with Gasteiger partial charge in [0, 0.05) is 19.6 Å². The minimum Gasteiger partial charge on any atom is -0.469 e. The zero-order valence-corrected chi connectivity index (χ0v) is 11.7. The molecule has 2 N–H and O–H groups in total. The van der Waals surface area contributed by atoms with Gasteiger partial charge in [-0.15, -0.1) is 0 Å². The molecular formula is C15H22N2O2. The first-order chi connectivity index (χ1) is 9.13. The van der Waals surface area contributed by atoms with Crippen LogP contribution in [0.5, 0.6) is 0 Å². The van der Waals surface area contributed by atoms with Crippen LogP contribution in [-0.2, 0) is 22.6 Å². The first kappa shape index (κ1) is 14.0. The summed E-state index contributed by atoms with van der Waals surface area (Å²) in [6, 6.07) is 6.36. The zero-order valence-electron chi connectivity index (χ0n) is 11.7. The molecule has 4 nitrogen and oxygen atoms in total. The Bertz CT molecular complexity index is 459. The van der Waals surface area contributed by atoms with E-state index in [4.69, 9.17) is 10.5 Å². The van der Waals surface area contributed by atoms with Crippen LogP contribution in [-0.4, -0.2) is 31.1 Å². The topological polar surface area (TPSA) is 55.6 Å². The number of carbonyl (C=O) groups is 1. The van der Waals surface area contributed by atoms with Crippen molar-refractivity contribution >= 4 is 5.97 Å². The van der Waals surface area contributed by atoms with Gasteiger partial charge >= 0.3 is 5.97 Å². The Morgan fingerprint density at radius 3 is 2.95 bits per heavy atom. The Morgan fingerprint density at radius 2 is 2.32 bits per heavy atom. The third-order valence-corrected chi connectivity index (χ3v) is 3.84. The van der Waals surface area contributed by atoms with E-state index in [-0.39, 0.29) is 11.9 Å². The minimum absolute atomic E-state index is 0.0358. The third-order valence-electron chi connectivity index (χ3n) is 3.84.